The molecule has 2 aliphatic rings. The third kappa shape index (κ3) is 2.22. The molecule has 3 nitrogen and oxygen atoms in total. The van der Waals surface area contributed by atoms with Gasteiger partial charge < -0.3 is 10.2 Å². The van der Waals surface area contributed by atoms with Crippen molar-refractivity contribution < 1.29 is 4.79 Å². The number of hydrogen-bond acceptors (Lipinski definition) is 1. The summed E-state index contributed by atoms with van der Waals surface area (Å²) in [7, 11) is 0. The number of benzene rings is 1. The number of carbonyl (C=O) groups excluding carboxylic acids is 1. The van der Waals surface area contributed by atoms with Crippen LogP contribution in [0.25, 0.3) is 0 Å². The average molecular weight is 244 g/mol. The van der Waals surface area contributed by atoms with Gasteiger partial charge in [-0.1, -0.05) is 37.3 Å². The van der Waals surface area contributed by atoms with Gasteiger partial charge in [-0.15, -0.1) is 0 Å². The number of hydrogen-bond donors (Lipinski definition) is 1. The molecule has 2 fully saturated rings. The van der Waals surface area contributed by atoms with Gasteiger partial charge in [0.15, 0.2) is 0 Å². The molecular formula is C15H20N2O. The number of nitrogens with one attached hydrogen (secondary N) is 1. The minimum atomic E-state index is 0.105. The van der Waals surface area contributed by atoms with Crippen molar-refractivity contribution in [2.24, 2.45) is 11.8 Å². The molecule has 96 valence electrons. The number of nitrogens with zero attached hydrogens (tertiary/aromatic N) is 1. The standard InChI is InChI=1S/C15H20N2O/c1-11-10-17(15(18)16-9-12-7-8-12)14(11)13-5-3-2-4-6-13/h2-6,11-12,14H,7-10H2,1H3,(H,16,18)/t11-,14-/m0/s1. The quantitative estimate of drug-likeness (QED) is 0.871. The van der Waals surface area contributed by atoms with Gasteiger partial charge in [-0.05, 0) is 30.2 Å². The van der Waals surface area contributed by atoms with Gasteiger partial charge in [0.05, 0.1) is 6.04 Å². The lowest BCUT2D eigenvalue weighted by Crippen LogP contribution is -2.55. The topological polar surface area (TPSA) is 32.3 Å². The van der Waals surface area contributed by atoms with Crippen molar-refractivity contribution in [3.63, 3.8) is 0 Å². The highest BCUT2D eigenvalue weighted by Crippen LogP contribution is 2.38. The summed E-state index contributed by atoms with van der Waals surface area (Å²) >= 11 is 0. The largest absolute Gasteiger partial charge is 0.338 e. The van der Waals surface area contributed by atoms with Crippen molar-refractivity contribution in [1.29, 1.82) is 0 Å². The second-order valence-corrected chi connectivity index (χ2v) is 5.61. The van der Waals surface area contributed by atoms with Crippen LogP contribution in [0.5, 0.6) is 0 Å². The zero-order valence-corrected chi connectivity index (χ0v) is 10.8. The van der Waals surface area contributed by atoms with Gasteiger partial charge in [0, 0.05) is 13.1 Å². The number of urea groups is 1. The lowest BCUT2D eigenvalue weighted by molar-refractivity contribution is 0.0592. The van der Waals surface area contributed by atoms with Crippen LogP contribution in [0, 0.1) is 11.8 Å². The molecule has 1 aliphatic heterocycles. The Morgan fingerprint density at radius 1 is 1.33 bits per heavy atom. The maximum absolute atomic E-state index is 12.1. The smallest absolute Gasteiger partial charge is 0.317 e. The summed E-state index contributed by atoms with van der Waals surface area (Å²) in [5, 5.41) is 3.05. The summed E-state index contributed by atoms with van der Waals surface area (Å²) < 4.78 is 0. The molecule has 1 N–H and O–H groups in total. The van der Waals surface area contributed by atoms with E-state index in [2.05, 4.69) is 24.4 Å². The average Bonchev–Trinajstić information content (AvgIpc) is 3.18. The Morgan fingerprint density at radius 3 is 2.67 bits per heavy atom. The van der Waals surface area contributed by atoms with Crippen LogP contribution in [-0.4, -0.2) is 24.0 Å². The Labute approximate surface area is 108 Å². The van der Waals surface area contributed by atoms with E-state index in [4.69, 9.17) is 0 Å². The van der Waals surface area contributed by atoms with Gasteiger partial charge in [0.2, 0.25) is 0 Å². The van der Waals surface area contributed by atoms with E-state index in [9.17, 15) is 4.79 Å². The summed E-state index contributed by atoms with van der Waals surface area (Å²) in [5.74, 6) is 1.29. The molecule has 1 saturated carbocycles. The van der Waals surface area contributed by atoms with E-state index in [0.29, 0.717) is 5.92 Å². The molecule has 0 bridgehead atoms. The Hall–Kier alpha value is -1.51. The molecule has 1 saturated heterocycles. The zero-order chi connectivity index (χ0) is 12.5. The summed E-state index contributed by atoms with van der Waals surface area (Å²) in [6.07, 6.45) is 2.55. The third-order valence-corrected chi connectivity index (χ3v) is 4.00. The van der Waals surface area contributed by atoms with E-state index in [-0.39, 0.29) is 12.1 Å². The number of carbonyl (C=O) groups is 1. The Balaban J connectivity index is 1.63. The maximum atomic E-state index is 12.1. The van der Waals surface area contributed by atoms with Crippen LogP contribution in [0.15, 0.2) is 30.3 Å². The van der Waals surface area contributed by atoms with Crippen LogP contribution in [0.2, 0.25) is 0 Å². The van der Waals surface area contributed by atoms with Crippen molar-refractivity contribution in [2.75, 3.05) is 13.1 Å². The lowest BCUT2D eigenvalue weighted by Gasteiger charge is -2.46. The van der Waals surface area contributed by atoms with Crippen LogP contribution < -0.4 is 5.32 Å². The predicted molar refractivity (Wildman–Crippen MR) is 71.2 cm³/mol. The second-order valence-electron chi connectivity index (χ2n) is 5.61. The maximum Gasteiger partial charge on any atom is 0.317 e. The number of rotatable bonds is 3. The summed E-state index contributed by atoms with van der Waals surface area (Å²) in [6, 6.07) is 10.7. The summed E-state index contributed by atoms with van der Waals surface area (Å²) in [4.78, 5) is 14.1. The van der Waals surface area contributed by atoms with E-state index in [1.807, 2.05) is 23.1 Å². The monoisotopic (exact) mass is 244 g/mol. The molecule has 1 heterocycles. The molecule has 0 radical (unpaired) electrons. The zero-order valence-electron chi connectivity index (χ0n) is 10.8. The molecule has 1 aromatic rings. The van der Waals surface area contributed by atoms with Gasteiger partial charge in [-0.25, -0.2) is 4.79 Å². The highest BCUT2D eigenvalue weighted by Gasteiger charge is 2.40. The fourth-order valence-corrected chi connectivity index (χ4v) is 2.72. The molecule has 3 heteroatoms. The second kappa shape index (κ2) is 4.63. The molecule has 0 spiro atoms. The van der Waals surface area contributed by atoms with Crippen LogP contribution in [0.3, 0.4) is 0 Å². The van der Waals surface area contributed by atoms with Crippen LogP contribution >= 0.6 is 0 Å². The first-order chi connectivity index (χ1) is 8.75. The van der Waals surface area contributed by atoms with E-state index >= 15 is 0 Å². The Morgan fingerprint density at radius 2 is 2.06 bits per heavy atom. The van der Waals surface area contributed by atoms with Crippen LogP contribution in [0.4, 0.5) is 4.79 Å². The highest BCUT2D eigenvalue weighted by molar-refractivity contribution is 5.76. The Bertz CT molecular complexity index is 427. The van der Waals surface area contributed by atoms with Gasteiger partial charge in [0.25, 0.3) is 0 Å². The molecule has 2 atom stereocenters. The first-order valence-corrected chi connectivity index (χ1v) is 6.85. The van der Waals surface area contributed by atoms with Crippen molar-refractivity contribution in [1.82, 2.24) is 10.2 Å². The van der Waals surface area contributed by atoms with Gasteiger partial charge in [-0.2, -0.15) is 0 Å². The predicted octanol–water partition coefficient (Wildman–Crippen LogP) is 2.80. The molecule has 2 amide bonds. The lowest BCUT2D eigenvalue weighted by atomic mass is 9.85. The SMILES string of the molecule is C[C@H]1CN(C(=O)NCC2CC2)[C@@H]1c1ccccc1. The molecule has 0 aromatic heterocycles. The first kappa shape index (κ1) is 11.6. The van der Waals surface area contributed by atoms with Crippen molar-refractivity contribution in [3.8, 4) is 0 Å². The number of likely N-dealkylation sites (tertiary alicyclic amines) is 1. The van der Waals surface area contributed by atoms with Crippen LogP contribution in [-0.2, 0) is 0 Å². The van der Waals surface area contributed by atoms with E-state index in [1.54, 1.807) is 0 Å². The fourth-order valence-electron chi connectivity index (χ4n) is 2.72. The molecule has 18 heavy (non-hydrogen) atoms. The summed E-state index contributed by atoms with van der Waals surface area (Å²) in [6.45, 7) is 3.93. The van der Waals surface area contributed by atoms with Gasteiger partial charge >= 0.3 is 6.03 Å². The summed E-state index contributed by atoms with van der Waals surface area (Å²) in [5.41, 5.74) is 1.25. The van der Waals surface area contributed by atoms with Crippen LogP contribution in [0.1, 0.15) is 31.4 Å². The molecule has 1 aliphatic carbocycles. The molecule has 3 rings (SSSR count). The van der Waals surface area contributed by atoms with Crippen molar-refractivity contribution in [2.45, 2.75) is 25.8 Å². The normalized spacial score (nSPS) is 26.6. The minimum Gasteiger partial charge on any atom is -0.338 e. The molecular weight excluding hydrogens is 224 g/mol. The minimum absolute atomic E-state index is 0.105. The first-order valence-electron chi connectivity index (χ1n) is 6.85. The van der Waals surface area contributed by atoms with Gasteiger partial charge in [-0.3, -0.25) is 0 Å². The highest BCUT2D eigenvalue weighted by atomic mass is 16.2. The fraction of sp³-hybridized carbons (Fsp3) is 0.533. The molecule has 1 aromatic carbocycles. The van der Waals surface area contributed by atoms with Crippen molar-refractivity contribution in [3.05, 3.63) is 35.9 Å². The number of amides is 2. The van der Waals surface area contributed by atoms with Crippen molar-refractivity contribution >= 4 is 6.03 Å². The van der Waals surface area contributed by atoms with Gasteiger partial charge in [0.1, 0.15) is 0 Å². The van der Waals surface area contributed by atoms with E-state index in [0.717, 1.165) is 19.0 Å². The molecule has 0 unspecified atom stereocenters. The Kier molecular flexibility index (Phi) is 2.98. The van der Waals surface area contributed by atoms with E-state index in [1.165, 1.54) is 18.4 Å². The third-order valence-electron chi connectivity index (χ3n) is 4.00. The van der Waals surface area contributed by atoms with E-state index < -0.39 is 0 Å².